The van der Waals surface area contributed by atoms with E-state index in [9.17, 15) is 18.6 Å². The molecule has 0 radical (unpaired) electrons. The zero-order valence-electron chi connectivity index (χ0n) is 20.6. The second-order valence-electron chi connectivity index (χ2n) is 9.43. The standard InChI is InChI=1S/C13H19BrO2.C12H18O4S/c1-9-7-11(8-10(2)12(9)14)16-6-5-13(3,4)15;1-10-4-6-11(7-5-10)17(14,15)16-9-8-12(2,3)13/h7-8,15H,5-6H2,1-4H3;4-7,13H,8-9H2,1-3H3. The van der Waals surface area contributed by atoms with Crippen LogP contribution in [0.15, 0.2) is 45.8 Å². The maximum absolute atomic E-state index is 11.7. The van der Waals surface area contributed by atoms with E-state index < -0.39 is 21.3 Å². The Bertz CT molecular complexity index is 964. The van der Waals surface area contributed by atoms with Gasteiger partial charge in [-0.3, -0.25) is 4.18 Å². The lowest BCUT2D eigenvalue weighted by Crippen LogP contribution is -2.22. The average Bonchev–Trinajstić information content (AvgIpc) is 2.64. The van der Waals surface area contributed by atoms with Crippen molar-refractivity contribution in [3.63, 3.8) is 0 Å². The fourth-order valence-corrected chi connectivity index (χ4v) is 3.72. The number of aliphatic hydroxyl groups is 2. The molecule has 2 rings (SSSR count). The van der Waals surface area contributed by atoms with Gasteiger partial charge in [-0.2, -0.15) is 8.42 Å². The summed E-state index contributed by atoms with van der Waals surface area (Å²) in [6.45, 7) is 13.3. The fraction of sp³-hybridized carbons (Fsp3) is 0.520. The van der Waals surface area contributed by atoms with Gasteiger partial charge < -0.3 is 14.9 Å². The van der Waals surface area contributed by atoms with Gasteiger partial charge in [-0.25, -0.2) is 0 Å². The molecule has 0 aliphatic carbocycles. The first kappa shape index (κ1) is 29.6. The lowest BCUT2D eigenvalue weighted by Gasteiger charge is -2.17. The van der Waals surface area contributed by atoms with Crippen molar-refractivity contribution < 1.29 is 27.6 Å². The van der Waals surface area contributed by atoms with Gasteiger partial charge in [0.1, 0.15) is 5.75 Å². The van der Waals surface area contributed by atoms with Gasteiger partial charge in [-0.1, -0.05) is 33.6 Å². The van der Waals surface area contributed by atoms with E-state index >= 15 is 0 Å². The molecule has 2 aromatic rings. The van der Waals surface area contributed by atoms with Crippen LogP contribution in [-0.4, -0.2) is 43.0 Å². The van der Waals surface area contributed by atoms with Crippen molar-refractivity contribution in [2.75, 3.05) is 13.2 Å². The third-order valence-electron chi connectivity index (χ3n) is 4.65. The summed E-state index contributed by atoms with van der Waals surface area (Å²) >= 11 is 3.52. The highest BCUT2D eigenvalue weighted by molar-refractivity contribution is 9.10. The van der Waals surface area contributed by atoms with Crippen molar-refractivity contribution in [3.8, 4) is 5.75 Å². The Hall–Kier alpha value is -1.45. The number of rotatable bonds is 9. The van der Waals surface area contributed by atoms with Crippen LogP contribution < -0.4 is 4.74 Å². The third kappa shape index (κ3) is 12.0. The molecule has 2 aromatic carbocycles. The molecule has 0 unspecified atom stereocenters. The fourth-order valence-electron chi connectivity index (χ4n) is 2.58. The summed E-state index contributed by atoms with van der Waals surface area (Å²) in [5.41, 5.74) is 1.72. The SMILES string of the molecule is Cc1cc(OCCC(C)(C)O)cc(C)c1Br.Cc1ccc(S(=O)(=O)OCCC(C)(C)O)cc1. The van der Waals surface area contributed by atoms with Crippen molar-refractivity contribution >= 4 is 26.0 Å². The van der Waals surface area contributed by atoms with Gasteiger partial charge in [-0.05, 0) is 83.9 Å². The molecule has 33 heavy (non-hydrogen) atoms. The van der Waals surface area contributed by atoms with Crippen molar-refractivity contribution in [3.05, 3.63) is 57.6 Å². The Kier molecular flexibility index (Phi) is 11.0. The van der Waals surface area contributed by atoms with E-state index in [0.717, 1.165) is 15.8 Å². The Labute approximate surface area is 207 Å². The van der Waals surface area contributed by atoms with Crippen LogP contribution in [0.2, 0.25) is 0 Å². The highest BCUT2D eigenvalue weighted by Crippen LogP contribution is 2.26. The molecule has 8 heteroatoms. The highest BCUT2D eigenvalue weighted by atomic mass is 79.9. The molecule has 2 N–H and O–H groups in total. The van der Waals surface area contributed by atoms with Crippen LogP contribution in [0.3, 0.4) is 0 Å². The minimum atomic E-state index is -3.71. The summed E-state index contributed by atoms with van der Waals surface area (Å²) in [7, 11) is -3.71. The molecular weight excluding hydrogens is 508 g/mol. The van der Waals surface area contributed by atoms with Crippen LogP contribution in [-0.2, 0) is 14.3 Å². The zero-order chi connectivity index (χ0) is 25.4. The van der Waals surface area contributed by atoms with Crippen LogP contribution in [0.4, 0.5) is 0 Å². The van der Waals surface area contributed by atoms with E-state index in [4.69, 9.17) is 8.92 Å². The molecule has 0 atom stereocenters. The normalized spacial score (nSPS) is 12.2. The predicted molar refractivity (Wildman–Crippen MR) is 135 cm³/mol. The first-order valence-corrected chi connectivity index (χ1v) is 13.0. The molecule has 0 fully saturated rings. The Morgan fingerprint density at radius 1 is 0.848 bits per heavy atom. The van der Waals surface area contributed by atoms with Crippen molar-refractivity contribution in [2.24, 2.45) is 0 Å². The Morgan fingerprint density at radius 2 is 1.30 bits per heavy atom. The molecular formula is C25H37BrO6S. The van der Waals surface area contributed by atoms with Gasteiger partial charge in [0, 0.05) is 17.3 Å². The number of aryl methyl sites for hydroxylation is 3. The molecule has 0 bridgehead atoms. The van der Waals surface area contributed by atoms with Gasteiger partial charge in [0.05, 0.1) is 29.3 Å². The quantitative estimate of drug-likeness (QED) is 0.406. The van der Waals surface area contributed by atoms with E-state index in [1.165, 1.54) is 23.3 Å². The molecule has 0 saturated carbocycles. The highest BCUT2D eigenvalue weighted by Gasteiger charge is 2.18. The van der Waals surface area contributed by atoms with Crippen molar-refractivity contribution in [2.45, 2.75) is 77.4 Å². The van der Waals surface area contributed by atoms with Gasteiger partial charge >= 0.3 is 0 Å². The number of hydrogen-bond acceptors (Lipinski definition) is 6. The van der Waals surface area contributed by atoms with E-state index in [1.54, 1.807) is 39.8 Å². The molecule has 0 heterocycles. The smallest absolute Gasteiger partial charge is 0.296 e. The van der Waals surface area contributed by atoms with E-state index in [0.29, 0.717) is 13.0 Å². The molecule has 186 valence electrons. The number of halogens is 1. The molecule has 0 amide bonds. The maximum atomic E-state index is 11.7. The molecule has 0 aromatic heterocycles. The van der Waals surface area contributed by atoms with Gasteiger partial charge in [0.2, 0.25) is 0 Å². The van der Waals surface area contributed by atoms with Crippen LogP contribution in [0.1, 0.15) is 57.2 Å². The summed E-state index contributed by atoms with van der Waals surface area (Å²) in [4.78, 5) is 0.138. The molecule has 0 spiro atoms. The first-order valence-electron chi connectivity index (χ1n) is 10.8. The van der Waals surface area contributed by atoms with Crippen LogP contribution in [0, 0.1) is 20.8 Å². The monoisotopic (exact) mass is 544 g/mol. The number of hydrogen-bond donors (Lipinski definition) is 2. The van der Waals surface area contributed by atoms with Crippen molar-refractivity contribution in [1.29, 1.82) is 0 Å². The summed E-state index contributed by atoms with van der Waals surface area (Å²) in [6.07, 6.45) is 0.888. The minimum absolute atomic E-state index is 0.0281. The lowest BCUT2D eigenvalue weighted by atomic mass is 10.1. The largest absolute Gasteiger partial charge is 0.493 e. The van der Waals surface area contributed by atoms with Gasteiger partial charge in [0.25, 0.3) is 10.1 Å². The topological polar surface area (TPSA) is 93.1 Å². The molecule has 0 aliphatic heterocycles. The number of benzene rings is 2. The van der Waals surface area contributed by atoms with Crippen LogP contribution in [0.5, 0.6) is 5.75 Å². The van der Waals surface area contributed by atoms with Crippen LogP contribution in [0.25, 0.3) is 0 Å². The van der Waals surface area contributed by atoms with Gasteiger partial charge in [0.15, 0.2) is 0 Å². The predicted octanol–water partition coefficient (Wildman–Crippen LogP) is 5.47. The molecule has 6 nitrogen and oxygen atoms in total. The third-order valence-corrected chi connectivity index (χ3v) is 7.23. The molecule has 0 aliphatic rings. The first-order chi connectivity index (χ1) is 15.0. The zero-order valence-corrected chi connectivity index (χ0v) is 23.0. The summed E-state index contributed by atoms with van der Waals surface area (Å²) in [5, 5.41) is 19.0. The number of ether oxygens (including phenoxy) is 1. The summed E-state index contributed by atoms with van der Waals surface area (Å²) in [6, 6.07) is 10.4. The second-order valence-corrected chi connectivity index (χ2v) is 11.8. The Morgan fingerprint density at radius 3 is 1.76 bits per heavy atom. The van der Waals surface area contributed by atoms with Gasteiger partial charge in [-0.15, -0.1) is 0 Å². The van der Waals surface area contributed by atoms with Crippen LogP contribution >= 0.6 is 15.9 Å². The minimum Gasteiger partial charge on any atom is -0.493 e. The van der Waals surface area contributed by atoms with E-state index in [1.807, 2.05) is 32.9 Å². The summed E-state index contributed by atoms with van der Waals surface area (Å²) in [5.74, 6) is 0.863. The lowest BCUT2D eigenvalue weighted by molar-refractivity contribution is 0.0549. The second kappa shape index (κ2) is 12.3. The van der Waals surface area contributed by atoms with E-state index in [-0.39, 0.29) is 17.9 Å². The maximum Gasteiger partial charge on any atom is 0.296 e. The van der Waals surface area contributed by atoms with Crippen molar-refractivity contribution in [1.82, 2.24) is 0 Å². The summed E-state index contributed by atoms with van der Waals surface area (Å²) < 4.78 is 35.0. The molecule has 0 saturated heterocycles. The van der Waals surface area contributed by atoms with E-state index in [2.05, 4.69) is 15.9 Å². The Balaban J connectivity index is 0.000000331. The average molecular weight is 546 g/mol.